The Morgan fingerprint density at radius 2 is 0.974 bits per heavy atom. The Labute approximate surface area is 218 Å². The minimum absolute atomic E-state index is 0.227. The van der Waals surface area contributed by atoms with Crippen LogP contribution in [0.1, 0.15) is 72.0 Å². The van der Waals surface area contributed by atoms with E-state index >= 15 is 0 Å². The van der Waals surface area contributed by atoms with E-state index in [1.165, 1.54) is 4.90 Å². The van der Waals surface area contributed by atoms with E-state index in [1.807, 2.05) is 32.0 Å². The number of amides is 4. The number of benzene rings is 4. The van der Waals surface area contributed by atoms with Gasteiger partial charge >= 0.3 is 0 Å². The number of para-hydroxylation sites is 2. The van der Waals surface area contributed by atoms with E-state index in [1.54, 1.807) is 48.5 Å². The topological polar surface area (TPSA) is 95.0 Å². The van der Waals surface area contributed by atoms with Gasteiger partial charge in [-0.25, -0.2) is 9.80 Å². The monoisotopic (exact) mass is 504 g/mol. The van der Waals surface area contributed by atoms with Gasteiger partial charge in [0.1, 0.15) is 0 Å². The highest BCUT2D eigenvalue weighted by Crippen LogP contribution is 2.41. The van der Waals surface area contributed by atoms with E-state index in [2.05, 4.69) is 0 Å². The molecule has 0 aliphatic carbocycles. The van der Waals surface area contributed by atoms with Crippen molar-refractivity contribution in [3.63, 3.8) is 0 Å². The molecule has 7 heteroatoms. The van der Waals surface area contributed by atoms with Crippen LogP contribution >= 0.6 is 0 Å². The summed E-state index contributed by atoms with van der Waals surface area (Å²) in [6.07, 6.45) is 1.29. The number of rotatable bonds is 5. The Kier molecular flexibility index (Phi) is 5.47. The third-order valence-electron chi connectivity index (χ3n) is 7.49. The molecule has 7 nitrogen and oxygen atoms in total. The lowest BCUT2D eigenvalue weighted by Crippen LogP contribution is -2.44. The SMILES string of the molecule is CCc1cccc(CC)c1N1C(=O)c2ccc3c4c(ccc(c24)C1=O)C(=O)N(c1ccccc1CO)C3=O. The molecule has 2 aliphatic heterocycles. The highest BCUT2D eigenvalue weighted by Gasteiger charge is 2.41. The van der Waals surface area contributed by atoms with Gasteiger partial charge in [-0.3, -0.25) is 19.2 Å². The van der Waals surface area contributed by atoms with Gasteiger partial charge in [-0.1, -0.05) is 50.2 Å². The Morgan fingerprint density at radius 3 is 1.42 bits per heavy atom. The van der Waals surface area contributed by atoms with Crippen molar-refractivity contribution in [2.75, 3.05) is 9.80 Å². The summed E-state index contributed by atoms with van der Waals surface area (Å²) >= 11 is 0. The second-order valence-electron chi connectivity index (χ2n) is 9.38. The lowest BCUT2D eigenvalue weighted by atomic mass is 9.85. The zero-order valence-electron chi connectivity index (χ0n) is 20.9. The Hall–Kier alpha value is -4.62. The molecule has 0 saturated heterocycles. The Morgan fingerprint density at radius 1 is 0.553 bits per heavy atom. The molecule has 0 spiro atoms. The lowest BCUT2D eigenvalue weighted by Gasteiger charge is -2.33. The first-order valence-corrected chi connectivity index (χ1v) is 12.6. The minimum Gasteiger partial charge on any atom is -0.392 e. The minimum atomic E-state index is -0.570. The molecule has 0 unspecified atom stereocenters. The Bertz CT molecular complexity index is 1630. The van der Waals surface area contributed by atoms with Gasteiger partial charge in [0.05, 0.1) is 18.0 Å². The van der Waals surface area contributed by atoms with Crippen LogP contribution in [0, 0.1) is 0 Å². The van der Waals surface area contributed by atoms with E-state index in [4.69, 9.17) is 0 Å². The van der Waals surface area contributed by atoms with E-state index in [-0.39, 0.29) is 28.9 Å². The van der Waals surface area contributed by atoms with Crippen molar-refractivity contribution in [3.8, 4) is 0 Å². The van der Waals surface area contributed by atoms with Gasteiger partial charge in [-0.15, -0.1) is 0 Å². The summed E-state index contributed by atoms with van der Waals surface area (Å²) in [4.78, 5) is 57.5. The van der Waals surface area contributed by atoms with Crippen molar-refractivity contribution >= 4 is 45.8 Å². The number of aliphatic hydroxyl groups is 1. The van der Waals surface area contributed by atoms with Gasteiger partial charge < -0.3 is 5.11 Å². The number of imide groups is 2. The molecule has 188 valence electrons. The zero-order valence-corrected chi connectivity index (χ0v) is 20.9. The number of aliphatic hydroxyl groups excluding tert-OH is 1. The molecular weight excluding hydrogens is 480 g/mol. The predicted octanol–water partition coefficient (Wildman–Crippen LogP) is 5.06. The van der Waals surface area contributed by atoms with Gasteiger partial charge in [0, 0.05) is 38.6 Å². The third-order valence-corrected chi connectivity index (χ3v) is 7.49. The summed E-state index contributed by atoms with van der Waals surface area (Å²) in [6.45, 7) is 3.62. The fourth-order valence-corrected chi connectivity index (χ4v) is 5.66. The molecule has 0 bridgehead atoms. The molecule has 1 N–H and O–H groups in total. The van der Waals surface area contributed by atoms with Crippen LogP contribution in [-0.2, 0) is 19.4 Å². The number of hydrogen-bond acceptors (Lipinski definition) is 5. The van der Waals surface area contributed by atoms with Gasteiger partial charge in [-0.05, 0) is 54.3 Å². The van der Waals surface area contributed by atoms with Crippen LogP contribution in [-0.4, -0.2) is 28.7 Å². The van der Waals surface area contributed by atoms with Crippen LogP contribution < -0.4 is 9.80 Å². The summed E-state index contributed by atoms with van der Waals surface area (Å²) in [5, 5.41) is 10.4. The zero-order chi connectivity index (χ0) is 26.7. The van der Waals surface area contributed by atoms with Gasteiger partial charge in [0.2, 0.25) is 0 Å². The molecule has 38 heavy (non-hydrogen) atoms. The molecule has 0 saturated carbocycles. The summed E-state index contributed by atoms with van der Waals surface area (Å²) in [5.74, 6) is -2.09. The maximum absolute atomic E-state index is 13.9. The molecule has 0 atom stereocenters. The summed E-state index contributed by atoms with van der Waals surface area (Å²) < 4.78 is 0. The number of hydrogen-bond donors (Lipinski definition) is 1. The van der Waals surface area contributed by atoms with Crippen molar-refractivity contribution in [1.82, 2.24) is 0 Å². The molecule has 0 aromatic heterocycles. The fourth-order valence-electron chi connectivity index (χ4n) is 5.66. The first-order valence-electron chi connectivity index (χ1n) is 12.6. The average Bonchev–Trinajstić information content (AvgIpc) is 2.95. The average molecular weight is 505 g/mol. The largest absolute Gasteiger partial charge is 0.392 e. The molecule has 0 radical (unpaired) electrons. The number of nitrogens with zero attached hydrogens (tertiary/aromatic N) is 2. The quantitative estimate of drug-likeness (QED) is 0.384. The van der Waals surface area contributed by atoms with Crippen molar-refractivity contribution in [1.29, 1.82) is 0 Å². The summed E-state index contributed by atoms with van der Waals surface area (Å²) in [6, 6.07) is 18.7. The summed E-state index contributed by atoms with van der Waals surface area (Å²) in [5.41, 5.74) is 4.13. The third kappa shape index (κ3) is 3.12. The second kappa shape index (κ2) is 8.75. The maximum Gasteiger partial charge on any atom is 0.266 e. The van der Waals surface area contributed by atoms with Crippen LogP contribution in [0.2, 0.25) is 0 Å². The molecule has 4 aromatic rings. The number of carbonyl (C=O) groups excluding carboxylic acids is 4. The normalized spacial score (nSPS) is 14.6. The van der Waals surface area contributed by atoms with Crippen LogP contribution in [0.5, 0.6) is 0 Å². The molecule has 0 fully saturated rings. The smallest absolute Gasteiger partial charge is 0.266 e. The maximum atomic E-state index is 13.9. The standard InChI is InChI=1S/C31H24N2O5/c1-3-17-9-7-10-18(4-2)27(17)33-30(37)22-14-12-20-25-21(13-15-23(26(22)25)31(33)38)29(36)32(28(20)35)24-11-6-5-8-19(24)16-34/h5-15,34H,3-4,16H2,1-2H3. The number of anilines is 2. The van der Waals surface area contributed by atoms with E-state index < -0.39 is 23.6 Å². The number of aryl methyl sites for hydroxylation is 2. The number of carbonyl (C=O) groups is 4. The molecule has 6 rings (SSSR count). The molecule has 4 amide bonds. The molecule has 2 aliphatic rings. The predicted molar refractivity (Wildman–Crippen MR) is 144 cm³/mol. The van der Waals surface area contributed by atoms with Crippen LogP contribution in [0.25, 0.3) is 10.8 Å². The molecular formula is C31H24N2O5. The van der Waals surface area contributed by atoms with E-state index in [9.17, 15) is 24.3 Å². The van der Waals surface area contributed by atoms with Gasteiger partial charge in [0.25, 0.3) is 23.6 Å². The van der Waals surface area contributed by atoms with Gasteiger partial charge in [0.15, 0.2) is 0 Å². The fraction of sp³-hybridized carbons (Fsp3) is 0.161. The lowest BCUT2D eigenvalue weighted by molar-refractivity contribution is 0.0872. The van der Waals surface area contributed by atoms with Gasteiger partial charge in [-0.2, -0.15) is 0 Å². The Balaban J connectivity index is 1.57. The first-order chi connectivity index (χ1) is 18.4. The molecule has 2 heterocycles. The van der Waals surface area contributed by atoms with Crippen LogP contribution in [0.15, 0.2) is 66.7 Å². The van der Waals surface area contributed by atoms with Crippen molar-refractivity contribution in [2.24, 2.45) is 0 Å². The highest BCUT2D eigenvalue weighted by atomic mass is 16.3. The van der Waals surface area contributed by atoms with E-state index in [0.29, 0.717) is 40.6 Å². The van der Waals surface area contributed by atoms with Crippen LogP contribution in [0.4, 0.5) is 11.4 Å². The van der Waals surface area contributed by atoms with E-state index in [0.717, 1.165) is 16.0 Å². The second-order valence-corrected chi connectivity index (χ2v) is 9.38. The van der Waals surface area contributed by atoms with Crippen molar-refractivity contribution in [2.45, 2.75) is 33.3 Å². The highest BCUT2D eigenvalue weighted by molar-refractivity contribution is 6.42. The van der Waals surface area contributed by atoms with Crippen LogP contribution in [0.3, 0.4) is 0 Å². The van der Waals surface area contributed by atoms with Crippen molar-refractivity contribution < 1.29 is 24.3 Å². The van der Waals surface area contributed by atoms with Crippen molar-refractivity contribution in [3.05, 3.63) is 106 Å². The first kappa shape index (κ1) is 23.8. The summed E-state index contributed by atoms with van der Waals surface area (Å²) in [7, 11) is 0. The molecule has 4 aromatic carbocycles.